The Bertz CT molecular complexity index is 1320. The number of sulfonamides is 1. The molecule has 0 atom stereocenters. The molecule has 3 N–H and O–H groups in total. The third kappa shape index (κ3) is 4.77. The molecule has 2 aromatic heterocycles. The summed E-state index contributed by atoms with van der Waals surface area (Å²) in [5.41, 5.74) is -0.980. The number of halogens is 2. The van der Waals surface area contributed by atoms with Gasteiger partial charge in [-0.25, -0.2) is 27.0 Å². The number of fused-ring (bicyclic) bond motifs is 1. The number of nitrogens with one attached hydrogen (secondary N) is 2. The van der Waals surface area contributed by atoms with Crippen LogP contribution >= 0.6 is 0 Å². The zero-order valence-corrected chi connectivity index (χ0v) is 17.0. The van der Waals surface area contributed by atoms with E-state index >= 15 is 0 Å². The summed E-state index contributed by atoms with van der Waals surface area (Å²) in [5, 5.41) is 8.96. The van der Waals surface area contributed by atoms with Gasteiger partial charge in [0.25, 0.3) is 0 Å². The quantitative estimate of drug-likeness (QED) is 0.357. The maximum atomic E-state index is 14.9. The number of carboxylic acids is 1. The van der Waals surface area contributed by atoms with Crippen LogP contribution in [0.5, 0.6) is 0 Å². The zero-order chi connectivity index (χ0) is 22.8. The van der Waals surface area contributed by atoms with Crippen LogP contribution in [0, 0.1) is 11.6 Å². The predicted molar refractivity (Wildman–Crippen MR) is 110 cm³/mol. The van der Waals surface area contributed by atoms with E-state index in [1.807, 2.05) is 4.72 Å². The van der Waals surface area contributed by atoms with Crippen LogP contribution in [0.15, 0.2) is 36.7 Å². The molecular formula is C20H17F2N3O5S. The molecule has 0 aliphatic heterocycles. The van der Waals surface area contributed by atoms with Crippen LogP contribution in [0.1, 0.15) is 34.8 Å². The summed E-state index contributed by atoms with van der Waals surface area (Å²) in [4.78, 5) is 30.4. The highest BCUT2D eigenvalue weighted by atomic mass is 32.2. The number of carbonyl (C=O) groups excluding carboxylic acids is 1. The molecule has 11 heteroatoms. The van der Waals surface area contributed by atoms with Crippen molar-refractivity contribution in [3.05, 3.63) is 65.0 Å². The van der Waals surface area contributed by atoms with Crippen molar-refractivity contribution in [2.75, 3.05) is 10.5 Å². The first-order valence-electron chi connectivity index (χ1n) is 9.04. The number of aromatic amines is 1. The van der Waals surface area contributed by atoms with Crippen molar-refractivity contribution in [1.82, 2.24) is 9.97 Å². The average molecular weight is 449 g/mol. The molecule has 2 heterocycles. The fraction of sp³-hybridized carbons (Fsp3) is 0.150. The van der Waals surface area contributed by atoms with E-state index in [0.29, 0.717) is 5.56 Å². The Labute approximate surface area is 175 Å². The third-order valence-electron chi connectivity index (χ3n) is 4.27. The number of aromatic nitrogens is 2. The number of aliphatic carboxylic acids is 1. The van der Waals surface area contributed by atoms with Crippen molar-refractivity contribution in [3.8, 4) is 0 Å². The van der Waals surface area contributed by atoms with Crippen molar-refractivity contribution in [1.29, 1.82) is 0 Å². The molecule has 0 fully saturated rings. The number of benzene rings is 1. The minimum atomic E-state index is -3.87. The van der Waals surface area contributed by atoms with Crippen molar-refractivity contribution >= 4 is 44.6 Å². The topological polar surface area (TPSA) is 129 Å². The number of rotatable bonds is 8. The Morgan fingerprint density at radius 1 is 1.29 bits per heavy atom. The zero-order valence-electron chi connectivity index (χ0n) is 16.1. The van der Waals surface area contributed by atoms with E-state index in [0.717, 1.165) is 18.2 Å². The molecule has 1 aromatic carbocycles. The summed E-state index contributed by atoms with van der Waals surface area (Å²) < 4.78 is 55.3. The first-order valence-corrected chi connectivity index (χ1v) is 10.7. The SMILES string of the molecule is CCCS(=O)(=O)Nc1ccc(F)c(C(=O)c2c[nH]c3ncc(/C=C/C(=O)O)cc23)c1F. The lowest BCUT2D eigenvalue weighted by atomic mass is 10.0. The minimum absolute atomic E-state index is 0.112. The van der Waals surface area contributed by atoms with Crippen molar-refractivity contribution < 1.29 is 31.9 Å². The maximum Gasteiger partial charge on any atom is 0.328 e. The number of hydrogen-bond donors (Lipinski definition) is 3. The van der Waals surface area contributed by atoms with Gasteiger partial charge in [0.15, 0.2) is 5.82 Å². The number of carbonyl (C=O) groups is 2. The highest BCUT2D eigenvalue weighted by Crippen LogP contribution is 2.28. The Kier molecular flexibility index (Phi) is 6.16. The Morgan fingerprint density at radius 3 is 2.71 bits per heavy atom. The number of pyridine rings is 1. The van der Waals surface area contributed by atoms with E-state index in [9.17, 15) is 26.8 Å². The summed E-state index contributed by atoms with van der Waals surface area (Å²) in [6, 6.07) is 3.14. The highest BCUT2D eigenvalue weighted by Gasteiger charge is 2.25. The maximum absolute atomic E-state index is 14.9. The van der Waals surface area contributed by atoms with Crippen LogP contribution in [-0.2, 0) is 14.8 Å². The van der Waals surface area contributed by atoms with Gasteiger partial charge >= 0.3 is 5.97 Å². The normalized spacial score (nSPS) is 11.8. The summed E-state index contributed by atoms with van der Waals surface area (Å²) in [7, 11) is -3.87. The van der Waals surface area contributed by atoms with Gasteiger partial charge in [0.05, 0.1) is 17.0 Å². The molecule has 0 unspecified atom stereocenters. The molecule has 0 spiro atoms. The number of H-pyrrole nitrogens is 1. The summed E-state index contributed by atoms with van der Waals surface area (Å²) in [6.45, 7) is 1.63. The standard InChI is InChI=1S/C20H17F2N3O5S/c1-2-7-31(29,30)25-15-5-4-14(21)17(18(15)22)19(28)13-10-24-20-12(13)8-11(9-23-20)3-6-16(26)27/h3-6,8-10,25H,2,7H2,1H3,(H,23,24)(H,26,27)/b6-3+. The predicted octanol–water partition coefficient (Wildman–Crippen LogP) is 3.32. The van der Waals surface area contributed by atoms with E-state index < -0.39 is 44.7 Å². The van der Waals surface area contributed by atoms with Gasteiger partial charge in [-0.05, 0) is 36.3 Å². The van der Waals surface area contributed by atoms with E-state index in [-0.39, 0.29) is 28.8 Å². The highest BCUT2D eigenvalue weighted by molar-refractivity contribution is 7.92. The van der Waals surface area contributed by atoms with E-state index in [1.165, 1.54) is 24.5 Å². The smallest absolute Gasteiger partial charge is 0.328 e. The molecule has 3 rings (SSSR count). The van der Waals surface area contributed by atoms with Gasteiger partial charge in [-0.3, -0.25) is 9.52 Å². The van der Waals surface area contributed by atoms with E-state index in [4.69, 9.17) is 5.11 Å². The molecule has 0 aliphatic rings. The van der Waals surface area contributed by atoms with E-state index in [2.05, 4.69) is 9.97 Å². The lowest BCUT2D eigenvalue weighted by Gasteiger charge is -2.11. The molecule has 162 valence electrons. The van der Waals surface area contributed by atoms with Crippen LogP contribution in [0.2, 0.25) is 0 Å². The Hall–Kier alpha value is -3.60. The number of carboxylic acid groups (broad SMARTS) is 1. The van der Waals surface area contributed by atoms with Gasteiger partial charge in [0, 0.05) is 29.4 Å². The molecular weight excluding hydrogens is 432 g/mol. The Balaban J connectivity index is 2.07. The van der Waals surface area contributed by atoms with Crippen molar-refractivity contribution in [2.24, 2.45) is 0 Å². The fourth-order valence-corrected chi connectivity index (χ4v) is 4.06. The number of anilines is 1. The molecule has 0 amide bonds. The van der Waals surface area contributed by atoms with E-state index in [1.54, 1.807) is 6.92 Å². The third-order valence-corrected chi connectivity index (χ3v) is 5.75. The van der Waals surface area contributed by atoms with Crippen LogP contribution in [0.4, 0.5) is 14.5 Å². The molecule has 0 saturated carbocycles. The number of ketones is 1. The van der Waals surface area contributed by atoms with Crippen LogP contribution in [0.25, 0.3) is 17.1 Å². The summed E-state index contributed by atoms with van der Waals surface area (Å²) >= 11 is 0. The van der Waals surface area contributed by atoms with Crippen LogP contribution in [0.3, 0.4) is 0 Å². The average Bonchev–Trinajstić information content (AvgIpc) is 3.11. The lowest BCUT2D eigenvalue weighted by molar-refractivity contribution is -0.131. The monoisotopic (exact) mass is 449 g/mol. The molecule has 0 aliphatic carbocycles. The molecule has 31 heavy (non-hydrogen) atoms. The second kappa shape index (κ2) is 8.64. The first-order chi connectivity index (χ1) is 14.6. The van der Waals surface area contributed by atoms with Gasteiger partial charge in [-0.1, -0.05) is 6.92 Å². The van der Waals surface area contributed by atoms with Crippen LogP contribution in [-0.4, -0.2) is 41.0 Å². The summed E-state index contributed by atoms with van der Waals surface area (Å²) in [5.74, 6) is -4.98. The second-order valence-corrected chi connectivity index (χ2v) is 8.41. The van der Waals surface area contributed by atoms with Crippen LogP contribution < -0.4 is 4.72 Å². The van der Waals surface area contributed by atoms with Gasteiger partial charge in [0.2, 0.25) is 15.8 Å². The number of nitrogens with zero attached hydrogens (tertiary/aromatic N) is 1. The van der Waals surface area contributed by atoms with Crippen molar-refractivity contribution in [3.63, 3.8) is 0 Å². The van der Waals surface area contributed by atoms with Crippen molar-refractivity contribution in [2.45, 2.75) is 13.3 Å². The summed E-state index contributed by atoms with van der Waals surface area (Å²) in [6.07, 6.45) is 4.99. The lowest BCUT2D eigenvalue weighted by Crippen LogP contribution is -2.18. The largest absolute Gasteiger partial charge is 0.478 e. The second-order valence-electron chi connectivity index (χ2n) is 6.57. The molecule has 8 nitrogen and oxygen atoms in total. The molecule has 0 bridgehead atoms. The Morgan fingerprint density at radius 2 is 2.03 bits per heavy atom. The first kappa shape index (κ1) is 22.1. The fourth-order valence-electron chi connectivity index (χ4n) is 2.93. The van der Waals surface area contributed by atoms with Gasteiger partial charge in [0.1, 0.15) is 11.5 Å². The molecule has 0 radical (unpaired) electrons. The minimum Gasteiger partial charge on any atom is -0.478 e. The van der Waals surface area contributed by atoms with Gasteiger partial charge in [-0.2, -0.15) is 0 Å². The van der Waals surface area contributed by atoms with Gasteiger partial charge < -0.3 is 10.1 Å². The molecule has 3 aromatic rings. The number of hydrogen-bond acceptors (Lipinski definition) is 5. The molecule has 0 saturated heterocycles. The van der Waals surface area contributed by atoms with Gasteiger partial charge in [-0.15, -0.1) is 0 Å².